The zero-order valence-corrected chi connectivity index (χ0v) is 12.9. The topological polar surface area (TPSA) is 26.3 Å². The molecule has 0 aromatic heterocycles. The second-order valence-corrected chi connectivity index (χ2v) is 6.79. The first-order valence-electron chi connectivity index (χ1n) is 8.34. The smallest absolute Gasteiger partial charge is 0.309 e. The van der Waals surface area contributed by atoms with Crippen LogP contribution in [0.1, 0.15) is 78.6 Å². The largest absolute Gasteiger partial charge is 0.459 e. The third kappa shape index (κ3) is 3.14. The Balaban J connectivity index is 2.10. The summed E-state index contributed by atoms with van der Waals surface area (Å²) in [5.74, 6) is 1.51. The summed E-state index contributed by atoms with van der Waals surface area (Å²) in [5, 5.41) is 0. The van der Waals surface area contributed by atoms with Gasteiger partial charge in [-0.2, -0.15) is 0 Å². The quantitative estimate of drug-likeness (QED) is 0.688. The van der Waals surface area contributed by atoms with Crippen LogP contribution < -0.4 is 0 Å². The van der Waals surface area contributed by atoms with Crippen LogP contribution in [-0.2, 0) is 9.53 Å². The first-order valence-corrected chi connectivity index (χ1v) is 8.34. The zero-order chi connectivity index (χ0) is 13.9. The molecule has 0 aromatic rings. The van der Waals surface area contributed by atoms with Crippen LogP contribution in [0.2, 0.25) is 0 Å². The van der Waals surface area contributed by atoms with E-state index in [0.717, 1.165) is 25.2 Å². The maximum absolute atomic E-state index is 12.2. The molecule has 2 aliphatic carbocycles. The second-order valence-electron chi connectivity index (χ2n) is 6.79. The molecule has 2 saturated carbocycles. The van der Waals surface area contributed by atoms with Crippen LogP contribution in [0.25, 0.3) is 0 Å². The van der Waals surface area contributed by atoms with Crippen molar-refractivity contribution in [1.82, 2.24) is 0 Å². The Kier molecular flexibility index (Phi) is 4.92. The number of hydrogen-bond acceptors (Lipinski definition) is 2. The molecule has 19 heavy (non-hydrogen) atoms. The highest BCUT2D eigenvalue weighted by atomic mass is 16.6. The second kappa shape index (κ2) is 6.28. The molecule has 0 aliphatic heterocycles. The van der Waals surface area contributed by atoms with E-state index in [1.54, 1.807) is 0 Å². The predicted octanol–water partition coefficient (Wildman–Crippen LogP) is 4.71. The van der Waals surface area contributed by atoms with Gasteiger partial charge in [0.15, 0.2) is 0 Å². The van der Waals surface area contributed by atoms with Gasteiger partial charge in [-0.15, -0.1) is 0 Å². The van der Waals surface area contributed by atoms with Crippen molar-refractivity contribution in [2.75, 3.05) is 0 Å². The van der Waals surface area contributed by atoms with E-state index in [-0.39, 0.29) is 17.5 Å². The predicted molar refractivity (Wildman–Crippen MR) is 77.9 cm³/mol. The van der Waals surface area contributed by atoms with Crippen LogP contribution in [0.4, 0.5) is 0 Å². The Morgan fingerprint density at radius 3 is 2.68 bits per heavy atom. The molecule has 2 nitrogen and oxygen atoms in total. The fraction of sp³-hybridized carbons (Fsp3) is 0.941. The van der Waals surface area contributed by atoms with Crippen molar-refractivity contribution in [3.05, 3.63) is 0 Å². The van der Waals surface area contributed by atoms with Crippen LogP contribution >= 0.6 is 0 Å². The molecule has 0 heterocycles. The highest BCUT2D eigenvalue weighted by Gasteiger charge is 2.49. The van der Waals surface area contributed by atoms with Crippen molar-refractivity contribution in [2.24, 2.45) is 17.8 Å². The Hall–Kier alpha value is -0.530. The summed E-state index contributed by atoms with van der Waals surface area (Å²) < 4.78 is 6.09. The van der Waals surface area contributed by atoms with Crippen molar-refractivity contribution < 1.29 is 9.53 Å². The first-order chi connectivity index (χ1) is 9.11. The van der Waals surface area contributed by atoms with Gasteiger partial charge in [-0.25, -0.2) is 0 Å². The standard InChI is InChI=1S/C17H30O2/c1-4-13(3)16(18)19-17(5-2)12-14-9-7-6-8-10-15(17)11-14/h13-15H,4-12H2,1-3H3. The van der Waals surface area contributed by atoms with Crippen molar-refractivity contribution in [2.45, 2.75) is 84.2 Å². The zero-order valence-electron chi connectivity index (χ0n) is 12.9. The lowest BCUT2D eigenvalue weighted by Gasteiger charge is -2.35. The van der Waals surface area contributed by atoms with Gasteiger partial charge in [0.1, 0.15) is 5.60 Å². The summed E-state index contributed by atoms with van der Waals surface area (Å²) in [6.07, 6.45) is 11.0. The van der Waals surface area contributed by atoms with Gasteiger partial charge < -0.3 is 4.74 Å². The van der Waals surface area contributed by atoms with Crippen LogP contribution in [0.15, 0.2) is 0 Å². The third-order valence-electron chi connectivity index (χ3n) is 5.58. The van der Waals surface area contributed by atoms with Gasteiger partial charge in [0.25, 0.3) is 0 Å². The molecular formula is C17H30O2. The molecule has 2 aliphatic rings. The van der Waals surface area contributed by atoms with E-state index in [4.69, 9.17) is 4.74 Å². The average Bonchev–Trinajstić information content (AvgIpc) is 2.75. The van der Waals surface area contributed by atoms with E-state index in [9.17, 15) is 4.79 Å². The molecule has 0 saturated heterocycles. The highest BCUT2D eigenvalue weighted by Crippen LogP contribution is 2.50. The van der Waals surface area contributed by atoms with E-state index in [1.165, 1.54) is 38.5 Å². The summed E-state index contributed by atoms with van der Waals surface area (Å²) in [4.78, 5) is 12.2. The van der Waals surface area contributed by atoms with Crippen molar-refractivity contribution in [3.63, 3.8) is 0 Å². The van der Waals surface area contributed by atoms with Crippen LogP contribution in [-0.4, -0.2) is 11.6 Å². The summed E-state index contributed by atoms with van der Waals surface area (Å²) in [7, 11) is 0. The molecule has 0 radical (unpaired) electrons. The highest BCUT2D eigenvalue weighted by molar-refractivity contribution is 5.72. The van der Waals surface area contributed by atoms with Crippen LogP contribution in [0.5, 0.6) is 0 Å². The molecule has 4 unspecified atom stereocenters. The number of fused-ring (bicyclic) bond motifs is 2. The lowest BCUT2D eigenvalue weighted by atomic mass is 9.84. The maximum Gasteiger partial charge on any atom is 0.309 e. The number of carbonyl (C=O) groups is 1. The Morgan fingerprint density at radius 2 is 2.00 bits per heavy atom. The molecule has 0 spiro atoms. The Bertz CT molecular complexity index is 312. The first kappa shape index (κ1) is 14.9. The van der Waals surface area contributed by atoms with Gasteiger partial charge in [-0.3, -0.25) is 4.79 Å². The molecule has 2 bridgehead atoms. The van der Waals surface area contributed by atoms with E-state index in [2.05, 4.69) is 13.8 Å². The van der Waals surface area contributed by atoms with Gasteiger partial charge in [0.2, 0.25) is 0 Å². The lowest BCUT2D eigenvalue weighted by Crippen LogP contribution is -2.39. The maximum atomic E-state index is 12.2. The summed E-state index contributed by atoms with van der Waals surface area (Å²) in [6.45, 7) is 6.26. The van der Waals surface area contributed by atoms with Gasteiger partial charge in [-0.1, -0.05) is 46.5 Å². The number of esters is 1. The summed E-state index contributed by atoms with van der Waals surface area (Å²) >= 11 is 0. The van der Waals surface area contributed by atoms with Crippen LogP contribution in [0.3, 0.4) is 0 Å². The molecule has 4 atom stereocenters. The number of ether oxygens (including phenoxy) is 1. The SMILES string of the molecule is CCC(C)C(=O)OC1(CC)CC2CCCCCC1C2. The monoisotopic (exact) mass is 266 g/mol. The molecule has 2 fully saturated rings. The van der Waals surface area contributed by atoms with E-state index in [0.29, 0.717) is 5.92 Å². The van der Waals surface area contributed by atoms with Crippen molar-refractivity contribution in [3.8, 4) is 0 Å². The summed E-state index contributed by atoms with van der Waals surface area (Å²) in [5.41, 5.74) is -0.129. The van der Waals surface area contributed by atoms with Gasteiger partial charge >= 0.3 is 5.97 Å². The fourth-order valence-corrected chi connectivity index (χ4v) is 4.05. The molecule has 2 heteroatoms. The third-order valence-corrected chi connectivity index (χ3v) is 5.58. The Morgan fingerprint density at radius 1 is 1.26 bits per heavy atom. The van der Waals surface area contributed by atoms with Gasteiger partial charge in [0, 0.05) is 0 Å². The molecule has 2 rings (SSSR count). The minimum Gasteiger partial charge on any atom is -0.459 e. The van der Waals surface area contributed by atoms with E-state index in [1.807, 2.05) is 6.92 Å². The molecule has 0 N–H and O–H groups in total. The number of rotatable bonds is 4. The Labute approximate surface area is 118 Å². The molecule has 110 valence electrons. The van der Waals surface area contributed by atoms with E-state index >= 15 is 0 Å². The van der Waals surface area contributed by atoms with Crippen LogP contribution in [0, 0.1) is 17.8 Å². The fourth-order valence-electron chi connectivity index (χ4n) is 4.05. The lowest BCUT2D eigenvalue weighted by molar-refractivity contribution is -0.169. The minimum absolute atomic E-state index is 0.0363. The normalized spacial score (nSPS) is 36.4. The average molecular weight is 266 g/mol. The molecular weight excluding hydrogens is 236 g/mol. The number of carbonyl (C=O) groups excluding carboxylic acids is 1. The van der Waals surface area contributed by atoms with E-state index < -0.39 is 0 Å². The number of hydrogen-bond donors (Lipinski definition) is 0. The van der Waals surface area contributed by atoms with Crippen molar-refractivity contribution >= 4 is 5.97 Å². The summed E-state index contributed by atoms with van der Waals surface area (Å²) in [6, 6.07) is 0. The molecule has 0 aromatic carbocycles. The molecule has 0 amide bonds. The van der Waals surface area contributed by atoms with Gasteiger partial charge in [-0.05, 0) is 43.9 Å². The minimum atomic E-state index is -0.129. The van der Waals surface area contributed by atoms with Gasteiger partial charge in [0.05, 0.1) is 5.92 Å². The van der Waals surface area contributed by atoms with Crippen molar-refractivity contribution in [1.29, 1.82) is 0 Å².